The lowest BCUT2D eigenvalue weighted by Gasteiger charge is -2.12. The highest BCUT2D eigenvalue weighted by atomic mass is 127. The second-order valence-corrected chi connectivity index (χ2v) is 6.47. The second kappa shape index (κ2) is 11.6. The molecule has 2 aromatic carbocycles. The van der Waals surface area contributed by atoms with Crippen molar-refractivity contribution in [2.75, 3.05) is 31.6 Å². The summed E-state index contributed by atoms with van der Waals surface area (Å²) >= 11 is 0. The van der Waals surface area contributed by atoms with Gasteiger partial charge in [0.25, 0.3) is 0 Å². The summed E-state index contributed by atoms with van der Waals surface area (Å²) in [5.74, 6) is 0.966. The minimum absolute atomic E-state index is 0. The average Bonchev–Trinajstić information content (AvgIpc) is 3.16. The minimum Gasteiger partial charge on any atom is -0.493 e. The van der Waals surface area contributed by atoms with E-state index >= 15 is 0 Å². The summed E-state index contributed by atoms with van der Waals surface area (Å²) < 4.78 is 18.4. The Hall–Kier alpha value is -2.36. The fourth-order valence-electron chi connectivity index (χ4n) is 2.95. The molecular formula is C21H26FIN4O2. The van der Waals surface area contributed by atoms with Crippen molar-refractivity contribution in [3.05, 3.63) is 59.4 Å². The molecule has 0 atom stereocenters. The number of anilines is 1. The number of carbonyl (C=O) groups excluding carboxylic acids is 1. The van der Waals surface area contributed by atoms with E-state index in [0.717, 1.165) is 25.2 Å². The van der Waals surface area contributed by atoms with Gasteiger partial charge >= 0.3 is 0 Å². The number of nitrogens with zero attached hydrogens (tertiary/aromatic N) is 1. The number of fused-ring (bicyclic) bond motifs is 1. The number of hydrogen-bond acceptors (Lipinski definition) is 3. The molecule has 156 valence electrons. The van der Waals surface area contributed by atoms with Crippen LogP contribution >= 0.6 is 24.0 Å². The Morgan fingerprint density at radius 3 is 2.72 bits per heavy atom. The van der Waals surface area contributed by atoms with Gasteiger partial charge in [0.1, 0.15) is 18.1 Å². The van der Waals surface area contributed by atoms with Crippen LogP contribution in [0.2, 0.25) is 0 Å². The van der Waals surface area contributed by atoms with Crippen LogP contribution in [0.3, 0.4) is 0 Å². The van der Waals surface area contributed by atoms with Crippen LogP contribution in [0.5, 0.6) is 5.75 Å². The Morgan fingerprint density at radius 2 is 1.97 bits per heavy atom. The number of carbonyl (C=O) groups is 1. The van der Waals surface area contributed by atoms with E-state index in [2.05, 4.69) is 33.1 Å². The van der Waals surface area contributed by atoms with E-state index in [0.29, 0.717) is 24.7 Å². The van der Waals surface area contributed by atoms with Crippen molar-refractivity contribution in [1.82, 2.24) is 10.6 Å². The van der Waals surface area contributed by atoms with Gasteiger partial charge in [0.05, 0.1) is 6.61 Å². The van der Waals surface area contributed by atoms with Crippen molar-refractivity contribution in [1.29, 1.82) is 0 Å². The maximum atomic E-state index is 12.9. The number of guanidine groups is 1. The number of benzene rings is 2. The number of amides is 1. The molecule has 0 saturated heterocycles. The van der Waals surface area contributed by atoms with Crippen LogP contribution in [0.15, 0.2) is 47.5 Å². The normalized spacial score (nSPS) is 12.4. The fourth-order valence-corrected chi connectivity index (χ4v) is 2.95. The molecule has 3 N–H and O–H groups in total. The van der Waals surface area contributed by atoms with Crippen LogP contribution in [-0.4, -0.2) is 38.1 Å². The predicted octanol–water partition coefficient (Wildman–Crippen LogP) is 3.11. The molecule has 2 aromatic rings. The average molecular weight is 512 g/mol. The van der Waals surface area contributed by atoms with E-state index in [1.54, 1.807) is 0 Å². The Morgan fingerprint density at radius 1 is 1.17 bits per heavy atom. The maximum Gasteiger partial charge on any atom is 0.246 e. The van der Waals surface area contributed by atoms with E-state index in [9.17, 15) is 9.18 Å². The van der Waals surface area contributed by atoms with Gasteiger partial charge in [-0.2, -0.15) is 0 Å². The molecule has 0 aliphatic carbocycles. The molecule has 1 aliphatic heterocycles. The molecule has 3 rings (SSSR count). The highest BCUT2D eigenvalue weighted by Crippen LogP contribution is 2.25. The Labute approximate surface area is 187 Å². The number of rotatable bonds is 7. The van der Waals surface area contributed by atoms with Gasteiger partial charge in [-0.05, 0) is 54.8 Å². The number of aliphatic imine (C=N–C) groups is 1. The van der Waals surface area contributed by atoms with E-state index < -0.39 is 0 Å². The minimum atomic E-state index is -0.342. The molecule has 0 bridgehead atoms. The van der Waals surface area contributed by atoms with Crippen LogP contribution in [-0.2, 0) is 17.6 Å². The van der Waals surface area contributed by atoms with Gasteiger partial charge in [-0.1, -0.05) is 12.1 Å². The van der Waals surface area contributed by atoms with Gasteiger partial charge in [0.2, 0.25) is 5.91 Å². The van der Waals surface area contributed by atoms with E-state index in [1.165, 1.54) is 35.4 Å². The molecule has 0 spiro atoms. The summed E-state index contributed by atoms with van der Waals surface area (Å²) in [5, 5.41) is 9.06. The molecule has 6 nitrogen and oxygen atoms in total. The first-order valence-electron chi connectivity index (χ1n) is 9.46. The molecule has 1 amide bonds. The van der Waals surface area contributed by atoms with Gasteiger partial charge in [-0.15, -0.1) is 24.0 Å². The van der Waals surface area contributed by atoms with Gasteiger partial charge in [0, 0.05) is 25.2 Å². The third-order valence-corrected chi connectivity index (χ3v) is 4.31. The highest BCUT2D eigenvalue weighted by Gasteiger charge is 2.11. The van der Waals surface area contributed by atoms with Crippen molar-refractivity contribution >= 4 is 41.5 Å². The summed E-state index contributed by atoms with van der Waals surface area (Å²) in [6, 6.07) is 11.9. The quantitative estimate of drug-likeness (QED) is 0.303. The van der Waals surface area contributed by atoms with Gasteiger partial charge < -0.3 is 20.7 Å². The lowest BCUT2D eigenvalue weighted by atomic mass is 10.1. The molecule has 0 unspecified atom stereocenters. The number of nitrogens with one attached hydrogen (secondary N) is 3. The molecule has 8 heteroatoms. The molecule has 1 heterocycles. The van der Waals surface area contributed by atoms with Crippen molar-refractivity contribution in [3.8, 4) is 5.75 Å². The van der Waals surface area contributed by atoms with Crippen molar-refractivity contribution < 1.29 is 13.9 Å². The molecule has 0 saturated carbocycles. The monoisotopic (exact) mass is 512 g/mol. The zero-order valence-corrected chi connectivity index (χ0v) is 18.7. The Balaban J connectivity index is 0.00000300. The first-order valence-corrected chi connectivity index (χ1v) is 9.46. The molecule has 0 fully saturated rings. The zero-order valence-electron chi connectivity index (χ0n) is 16.3. The molecule has 1 aliphatic rings. The van der Waals surface area contributed by atoms with Crippen molar-refractivity contribution in [2.45, 2.75) is 19.8 Å². The lowest BCUT2D eigenvalue weighted by molar-refractivity contribution is -0.114. The van der Waals surface area contributed by atoms with Gasteiger partial charge in [-0.3, -0.25) is 4.79 Å². The zero-order chi connectivity index (χ0) is 19.8. The fraction of sp³-hybridized carbons (Fsp3) is 0.333. The summed E-state index contributed by atoms with van der Waals surface area (Å²) in [7, 11) is 0. The highest BCUT2D eigenvalue weighted by molar-refractivity contribution is 14.0. The van der Waals surface area contributed by atoms with Crippen molar-refractivity contribution in [3.63, 3.8) is 0 Å². The van der Waals surface area contributed by atoms with E-state index in [4.69, 9.17) is 4.74 Å². The molecule has 29 heavy (non-hydrogen) atoms. The molecular weight excluding hydrogens is 486 g/mol. The lowest BCUT2D eigenvalue weighted by Crippen LogP contribution is -2.39. The summed E-state index contributed by atoms with van der Waals surface area (Å²) in [5.41, 5.74) is 3.04. The van der Waals surface area contributed by atoms with Crippen molar-refractivity contribution in [2.24, 2.45) is 4.99 Å². The van der Waals surface area contributed by atoms with Crippen LogP contribution in [0.4, 0.5) is 10.1 Å². The maximum absolute atomic E-state index is 12.9. The summed E-state index contributed by atoms with van der Waals surface area (Å²) in [4.78, 5) is 16.3. The van der Waals surface area contributed by atoms with E-state index in [-0.39, 0.29) is 42.2 Å². The van der Waals surface area contributed by atoms with Crippen LogP contribution in [0, 0.1) is 5.82 Å². The number of hydrogen-bond donors (Lipinski definition) is 3. The third-order valence-electron chi connectivity index (χ3n) is 4.31. The van der Waals surface area contributed by atoms with Crippen LogP contribution in [0.25, 0.3) is 0 Å². The van der Waals surface area contributed by atoms with Crippen LogP contribution in [0.1, 0.15) is 18.1 Å². The molecule has 0 radical (unpaired) electrons. The first-order chi connectivity index (χ1) is 13.6. The second-order valence-electron chi connectivity index (χ2n) is 6.47. The smallest absolute Gasteiger partial charge is 0.246 e. The Bertz CT molecular complexity index is 843. The standard InChI is InChI=1S/C21H25FN4O2.HI/c1-2-23-21(25-14-20(27)26-18-6-4-17(22)5-7-18)24-11-9-15-3-8-19-16(13-15)10-12-28-19;/h3-8,13H,2,9-12,14H2,1H3,(H,26,27)(H2,23,24,25);1H. The van der Waals surface area contributed by atoms with Gasteiger partial charge in [0.15, 0.2) is 5.96 Å². The number of halogens is 2. The summed E-state index contributed by atoms with van der Waals surface area (Å²) in [6.45, 7) is 4.10. The third kappa shape index (κ3) is 7.19. The first kappa shape index (κ1) is 22.9. The predicted molar refractivity (Wildman–Crippen MR) is 124 cm³/mol. The summed E-state index contributed by atoms with van der Waals surface area (Å²) in [6.07, 6.45) is 1.81. The Kier molecular flexibility index (Phi) is 9.17. The number of ether oxygens (including phenoxy) is 1. The largest absolute Gasteiger partial charge is 0.493 e. The SMILES string of the molecule is CCNC(=NCC(=O)Nc1ccc(F)cc1)NCCc1ccc2c(c1)CCO2.I. The van der Waals surface area contributed by atoms with Gasteiger partial charge in [-0.25, -0.2) is 9.38 Å². The van der Waals surface area contributed by atoms with Crippen LogP contribution < -0.4 is 20.7 Å². The topological polar surface area (TPSA) is 74.8 Å². The molecule has 0 aromatic heterocycles. The van der Waals surface area contributed by atoms with E-state index in [1.807, 2.05) is 13.0 Å².